The zero-order chi connectivity index (χ0) is 19.1. The highest BCUT2D eigenvalue weighted by molar-refractivity contribution is 7.20. The summed E-state index contributed by atoms with van der Waals surface area (Å²) < 4.78 is 41.8. The van der Waals surface area contributed by atoms with Crippen molar-refractivity contribution in [1.29, 1.82) is 0 Å². The summed E-state index contributed by atoms with van der Waals surface area (Å²) in [7, 11) is 0. The van der Waals surface area contributed by atoms with Gasteiger partial charge in [0.05, 0.1) is 21.9 Å². The number of aryl methyl sites for hydroxylation is 1. The smallest absolute Gasteiger partial charge is 0.265 e. The Bertz CT molecular complexity index is 1170. The SMILES string of the molecule is Cc1nn(-c2ccccc2)c2sc(C(=O)Nc3cc(F)c(F)cc3F)cc12. The molecule has 0 fully saturated rings. The van der Waals surface area contributed by atoms with E-state index in [-0.39, 0.29) is 0 Å². The summed E-state index contributed by atoms with van der Waals surface area (Å²) in [6.45, 7) is 1.82. The van der Waals surface area contributed by atoms with Gasteiger partial charge in [-0.25, -0.2) is 17.9 Å². The van der Waals surface area contributed by atoms with Crippen LogP contribution >= 0.6 is 11.3 Å². The largest absolute Gasteiger partial charge is 0.319 e. The number of hydrogen-bond donors (Lipinski definition) is 1. The molecule has 0 aliphatic carbocycles. The fourth-order valence-corrected chi connectivity index (χ4v) is 3.78. The predicted molar refractivity (Wildman–Crippen MR) is 98.0 cm³/mol. The third-order valence-corrected chi connectivity index (χ3v) is 5.14. The number of para-hydroxylation sites is 1. The number of halogens is 3. The van der Waals surface area contributed by atoms with E-state index in [1.807, 2.05) is 37.3 Å². The van der Waals surface area contributed by atoms with Crippen LogP contribution in [0, 0.1) is 24.4 Å². The van der Waals surface area contributed by atoms with Crippen LogP contribution in [0.15, 0.2) is 48.5 Å². The first-order chi connectivity index (χ1) is 12.9. The van der Waals surface area contributed by atoms with Gasteiger partial charge in [0.1, 0.15) is 10.6 Å². The Morgan fingerprint density at radius 1 is 1.04 bits per heavy atom. The third-order valence-electron chi connectivity index (χ3n) is 4.03. The molecule has 0 atom stereocenters. The molecule has 0 aliphatic heterocycles. The fourth-order valence-electron chi connectivity index (χ4n) is 2.71. The van der Waals surface area contributed by atoms with E-state index in [0.717, 1.165) is 21.6 Å². The Morgan fingerprint density at radius 3 is 2.48 bits per heavy atom. The molecule has 4 aromatic rings. The van der Waals surface area contributed by atoms with E-state index in [2.05, 4.69) is 10.4 Å². The molecule has 4 nitrogen and oxygen atoms in total. The zero-order valence-electron chi connectivity index (χ0n) is 14.0. The Labute approximate surface area is 155 Å². The van der Waals surface area contributed by atoms with E-state index in [1.54, 1.807) is 10.7 Å². The van der Waals surface area contributed by atoms with Gasteiger partial charge in [-0.15, -0.1) is 11.3 Å². The molecule has 2 aromatic heterocycles. The minimum Gasteiger partial charge on any atom is -0.319 e. The summed E-state index contributed by atoms with van der Waals surface area (Å²) >= 11 is 1.18. The third kappa shape index (κ3) is 3.08. The Hall–Kier alpha value is -3.13. The van der Waals surface area contributed by atoms with Crippen LogP contribution in [-0.4, -0.2) is 15.7 Å². The Balaban J connectivity index is 1.71. The summed E-state index contributed by atoms with van der Waals surface area (Å²) in [5, 5.41) is 7.56. The molecule has 0 radical (unpaired) electrons. The predicted octanol–water partition coefficient (Wildman–Crippen LogP) is 5.07. The summed E-state index contributed by atoms with van der Waals surface area (Å²) in [5.74, 6) is -4.21. The van der Waals surface area contributed by atoms with Crippen molar-refractivity contribution in [3.8, 4) is 5.69 Å². The van der Waals surface area contributed by atoms with Crippen LogP contribution in [0.3, 0.4) is 0 Å². The summed E-state index contributed by atoms with van der Waals surface area (Å²) in [6.07, 6.45) is 0. The minimum absolute atomic E-state index is 0.305. The normalized spacial score (nSPS) is 11.1. The van der Waals surface area contributed by atoms with Gasteiger partial charge < -0.3 is 5.32 Å². The number of aromatic nitrogens is 2. The number of hydrogen-bond acceptors (Lipinski definition) is 3. The van der Waals surface area contributed by atoms with Crippen LogP contribution in [0.2, 0.25) is 0 Å². The van der Waals surface area contributed by atoms with Crippen molar-refractivity contribution in [1.82, 2.24) is 9.78 Å². The minimum atomic E-state index is -1.31. The van der Waals surface area contributed by atoms with Gasteiger partial charge in [0.15, 0.2) is 11.6 Å². The van der Waals surface area contributed by atoms with Gasteiger partial charge in [0.2, 0.25) is 0 Å². The molecule has 0 aliphatic rings. The van der Waals surface area contributed by atoms with Crippen molar-refractivity contribution in [3.05, 3.63) is 76.6 Å². The van der Waals surface area contributed by atoms with E-state index in [9.17, 15) is 18.0 Å². The van der Waals surface area contributed by atoms with Gasteiger partial charge in [0.25, 0.3) is 5.91 Å². The first kappa shape index (κ1) is 17.3. The maximum Gasteiger partial charge on any atom is 0.265 e. The van der Waals surface area contributed by atoms with Crippen LogP contribution in [0.1, 0.15) is 15.4 Å². The van der Waals surface area contributed by atoms with E-state index in [1.165, 1.54) is 11.3 Å². The number of benzene rings is 2. The number of fused-ring (bicyclic) bond motifs is 1. The number of carbonyl (C=O) groups excluding carboxylic acids is 1. The summed E-state index contributed by atoms with van der Waals surface area (Å²) in [5.41, 5.74) is 1.16. The van der Waals surface area contributed by atoms with E-state index in [0.29, 0.717) is 17.0 Å². The second-order valence-corrected chi connectivity index (χ2v) is 6.89. The molecule has 0 spiro atoms. The maximum absolute atomic E-state index is 13.8. The van der Waals surface area contributed by atoms with Gasteiger partial charge in [-0.1, -0.05) is 18.2 Å². The molecule has 0 saturated carbocycles. The summed E-state index contributed by atoms with van der Waals surface area (Å²) in [4.78, 5) is 13.5. The number of nitrogens with zero attached hydrogens (tertiary/aromatic N) is 2. The van der Waals surface area contributed by atoms with Crippen LogP contribution in [0.5, 0.6) is 0 Å². The molecular formula is C19H12F3N3OS. The molecule has 1 amide bonds. The molecule has 2 aromatic carbocycles. The summed E-state index contributed by atoms with van der Waals surface area (Å²) in [6, 6.07) is 12.1. The van der Waals surface area contributed by atoms with E-state index >= 15 is 0 Å². The van der Waals surface area contributed by atoms with Gasteiger partial charge in [-0.2, -0.15) is 5.10 Å². The first-order valence-electron chi connectivity index (χ1n) is 7.94. The van der Waals surface area contributed by atoms with Crippen LogP contribution in [0.4, 0.5) is 18.9 Å². The molecule has 136 valence electrons. The molecule has 4 rings (SSSR count). The standard InChI is InChI=1S/C19H12F3N3OS/c1-10-12-7-17(18(26)23-16-9-14(21)13(20)8-15(16)22)27-19(12)25(24-10)11-5-3-2-4-6-11/h2-9H,1H3,(H,23,26). The number of carbonyl (C=O) groups is 1. The van der Waals surface area contributed by atoms with Crippen molar-refractivity contribution in [2.24, 2.45) is 0 Å². The van der Waals surface area contributed by atoms with E-state index in [4.69, 9.17) is 0 Å². The molecule has 0 bridgehead atoms. The number of rotatable bonds is 3. The Kier molecular flexibility index (Phi) is 4.19. The van der Waals surface area contributed by atoms with Crippen molar-refractivity contribution < 1.29 is 18.0 Å². The highest BCUT2D eigenvalue weighted by Crippen LogP contribution is 2.31. The quantitative estimate of drug-likeness (QED) is 0.499. The lowest BCUT2D eigenvalue weighted by Crippen LogP contribution is -2.12. The molecule has 8 heteroatoms. The van der Waals surface area contributed by atoms with Crippen LogP contribution in [-0.2, 0) is 0 Å². The zero-order valence-corrected chi connectivity index (χ0v) is 14.8. The van der Waals surface area contributed by atoms with Crippen molar-refractivity contribution >= 4 is 33.1 Å². The van der Waals surface area contributed by atoms with Crippen LogP contribution < -0.4 is 5.32 Å². The highest BCUT2D eigenvalue weighted by atomic mass is 32.1. The van der Waals surface area contributed by atoms with Crippen molar-refractivity contribution in [2.45, 2.75) is 6.92 Å². The van der Waals surface area contributed by atoms with Crippen molar-refractivity contribution in [3.63, 3.8) is 0 Å². The lowest BCUT2D eigenvalue weighted by molar-refractivity contribution is 0.103. The van der Waals surface area contributed by atoms with Crippen LogP contribution in [0.25, 0.3) is 15.9 Å². The fraction of sp³-hybridized carbons (Fsp3) is 0.0526. The maximum atomic E-state index is 13.8. The molecule has 27 heavy (non-hydrogen) atoms. The van der Waals surface area contributed by atoms with Gasteiger partial charge >= 0.3 is 0 Å². The van der Waals surface area contributed by atoms with Gasteiger partial charge in [0, 0.05) is 17.5 Å². The molecule has 2 heterocycles. The lowest BCUT2D eigenvalue weighted by Gasteiger charge is -2.06. The average Bonchev–Trinajstić information content (AvgIpc) is 3.21. The number of thiophene rings is 1. The highest BCUT2D eigenvalue weighted by Gasteiger charge is 2.19. The number of amides is 1. The molecule has 0 unspecified atom stereocenters. The van der Waals surface area contributed by atoms with Gasteiger partial charge in [-0.05, 0) is 25.1 Å². The lowest BCUT2D eigenvalue weighted by atomic mass is 10.2. The molecule has 0 saturated heterocycles. The number of anilines is 1. The van der Waals surface area contributed by atoms with Gasteiger partial charge in [-0.3, -0.25) is 4.79 Å². The first-order valence-corrected chi connectivity index (χ1v) is 8.76. The Morgan fingerprint density at radius 2 is 1.74 bits per heavy atom. The van der Waals surface area contributed by atoms with E-state index < -0.39 is 29.0 Å². The average molecular weight is 387 g/mol. The second-order valence-electron chi connectivity index (χ2n) is 5.86. The van der Waals surface area contributed by atoms with Crippen molar-refractivity contribution in [2.75, 3.05) is 5.32 Å². The topological polar surface area (TPSA) is 46.9 Å². The second kappa shape index (κ2) is 6.55. The molecular weight excluding hydrogens is 375 g/mol. The monoisotopic (exact) mass is 387 g/mol. The molecule has 1 N–H and O–H groups in total. The number of nitrogens with one attached hydrogen (secondary N) is 1.